The van der Waals surface area contributed by atoms with E-state index in [2.05, 4.69) is 73.5 Å². The molecule has 1 saturated heterocycles. The average Bonchev–Trinajstić information content (AvgIpc) is 2.98. The zero-order chi connectivity index (χ0) is 17.8. The smallest absolute Gasteiger partial charge is 0.238 e. The number of amides is 1. The molecule has 0 spiro atoms. The zero-order valence-electron chi connectivity index (χ0n) is 15.5. The van der Waals surface area contributed by atoms with Crippen molar-refractivity contribution in [2.45, 2.75) is 46.1 Å². The van der Waals surface area contributed by atoms with Crippen LogP contribution in [0.3, 0.4) is 0 Å². The number of rotatable bonds is 5. The summed E-state index contributed by atoms with van der Waals surface area (Å²) >= 11 is 0. The number of aryl methyl sites for hydroxylation is 3. The van der Waals surface area contributed by atoms with E-state index in [1.54, 1.807) is 0 Å². The Morgan fingerprint density at radius 3 is 2.48 bits per heavy atom. The molecule has 1 aliphatic rings. The molecule has 0 bridgehead atoms. The van der Waals surface area contributed by atoms with Crippen molar-refractivity contribution in [1.82, 2.24) is 4.90 Å². The van der Waals surface area contributed by atoms with Crippen molar-refractivity contribution in [2.75, 3.05) is 18.4 Å². The van der Waals surface area contributed by atoms with Crippen LogP contribution in [-0.4, -0.2) is 29.9 Å². The maximum absolute atomic E-state index is 12.6. The van der Waals surface area contributed by atoms with Gasteiger partial charge in [0, 0.05) is 11.7 Å². The van der Waals surface area contributed by atoms with E-state index in [1.807, 2.05) is 0 Å². The Morgan fingerprint density at radius 2 is 1.80 bits per heavy atom. The minimum Gasteiger partial charge on any atom is -0.324 e. The molecule has 1 aliphatic heterocycles. The van der Waals surface area contributed by atoms with Gasteiger partial charge < -0.3 is 5.32 Å². The molecule has 1 atom stereocenters. The Labute approximate surface area is 151 Å². The Balaban J connectivity index is 1.62. The second kappa shape index (κ2) is 7.83. The van der Waals surface area contributed by atoms with Gasteiger partial charge in [0.2, 0.25) is 5.91 Å². The number of nitrogens with zero attached hydrogens (tertiary/aromatic N) is 1. The van der Waals surface area contributed by atoms with Gasteiger partial charge in [-0.25, -0.2) is 0 Å². The molecule has 0 aromatic heterocycles. The summed E-state index contributed by atoms with van der Waals surface area (Å²) in [7, 11) is 0. The Bertz CT molecular complexity index is 716. The highest BCUT2D eigenvalue weighted by Crippen LogP contribution is 2.23. The Hall–Kier alpha value is -2.13. The molecule has 3 nitrogen and oxygen atoms in total. The summed E-state index contributed by atoms with van der Waals surface area (Å²) in [5.74, 6) is 0.0926. The van der Waals surface area contributed by atoms with Crippen LogP contribution in [0.25, 0.3) is 0 Å². The Kier molecular flexibility index (Phi) is 5.54. The number of carbonyl (C=O) groups is 1. The second-order valence-electron chi connectivity index (χ2n) is 7.28. The summed E-state index contributed by atoms with van der Waals surface area (Å²) in [5.41, 5.74) is 5.82. The molecule has 1 N–H and O–H groups in total. The second-order valence-corrected chi connectivity index (χ2v) is 7.28. The van der Waals surface area contributed by atoms with E-state index in [4.69, 9.17) is 0 Å². The van der Waals surface area contributed by atoms with Crippen molar-refractivity contribution >= 4 is 11.6 Å². The molecule has 3 rings (SSSR count). The molecule has 132 valence electrons. The first kappa shape index (κ1) is 17.7. The molecule has 1 amide bonds. The summed E-state index contributed by atoms with van der Waals surface area (Å²) in [6, 6.07) is 15.3. The number of benzene rings is 2. The van der Waals surface area contributed by atoms with E-state index in [0.29, 0.717) is 12.6 Å². The molecule has 2 aromatic rings. The number of hydrogen-bond donors (Lipinski definition) is 1. The van der Waals surface area contributed by atoms with Gasteiger partial charge in [-0.3, -0.25) is 9.69 Å². The predicted molar refractivity (Wildman–Crippen MR) is 104 cm³/mol. The molecule has 0 unspecified atom stereocenters. The number of nitrogens with one attached hydrogen (secondary N) is 1. The fourth-order valence-corrected chi connectivity index (χ4v) is 3.96. The average molecular weight is 336 g/mol. The standard InChI is InChI=1S/C22H28N2O/c1-16-12-17(2)22(18(3)13-16)23-21(25)15-24-11-7-10-20(24)14-19-8-5-4-6-9-19/h4-6,8-9,12-13,20H,7,10-11,14-15H2,1-3H3,(H,23,25)/t20-/m1/s1. The maximum atomic E-state index is 12.6. The molecule has 2 aromatic carbocycles. The van der Waals surface area contributed by atoms with Gasteiger partial charge in [0.1, 0.15) is 0 Å². The van der Waals surface area contributed by atoms with Crippen LogP contribution in [0.5, 0.6) is 0 Å². The largest absolute Gasteiger partial charge is 0.324 e. The summed E-state index contributed by atoms with van der Waals surface area (Å²) in [4.78, 5) is 14.9. The number of carbonyl (C=O) groups excluding carboxylic acids is 1. The summed E-state index contributed by atoms with van der Waals surface area (Å²) in [6.07, 6.45) is 3.37. The highest BCUT2D eigenvalue weighted by molar-refractivity contribution is 5.93. The lowest BCUT2D eigenvalue weighted by Gasteiger charge is -2.24. The van der Waals surface area contributed by atoms with E-state index in [-0.39, 0.29) is 5.91 Å². The monoisotopic (exact) mass is 336 g/mol. The minimum atomic E-state index is 0.0926. The summed E-state index contributed by atoms with van der Waals surface area (Å²) in [6.45, 7) is 7.69. The van der Waals surface area contributed by atoms with Crippen LogP contribution >= 0.6 is 0 Å². The first-order valence-electron chi connectivity index (χ1n) is 9.18. The molecule has 1 heterocycles. The Morgan fingerprint density at radius 1 is 1.12 bits per heavy atom. The van der Waals surface area contributed by atoms with Gasteiger partial charge >= 0.3 is 0 Å². The van der Waals surface area contributed by atoms with Gasteiger partial charge in [-0.1, -0.05) is 48.0 Å². The van der Waals surface area contributed by atoms with Gasteiger partial charge in [-0.15, -0.1) is 0 Å². The van der Waals surface area contributed by atoms with Crippen LogP contribution in [0.2, 0.25) is 0 Å². The third-order valence-electron chi connectivity index (χ3n) is 5.10. The molecule has 0 aliphatic carbocycles. The lowest BCUT2D eigenvalue weighted by molar-refractivity contribution is -0.117. The first-order valence-corrected chi connectivity index (χ1v) is 9.18. The van der Waals surface area contributed by atoms with Crippen molar-refractivity contribution < 1.29 is 4.79 Å². The molecular weight excluding hydrogens is 308 g/mol. The van der Waals surface area contributed by atoms with Gasteiger partial charge in [0.15, 0.2) is 0 Å². The predicted octanol–water partition coefficient (Wildman–Crippen LogP) is 4.26. The van der Waals surface area contributed by atoms with E-state index < -0.39 is 0 Å². The topological polar surface area (TPSA) is 32.3 Å². The lowest BCUT2D eigenvalue weighted by atomic mass is 10.0. The highest BCUT2D eigenvalue weighted by Gasteiger charge is 2.26. The number of likely N-dealkylation sites (tertiary alicyclic amines) is 1. The van der Waals surface area contributed by atoms with E-state index in [1.165, 1.54) is 24.0 Å². The van der Waals surface area contributed by atoms with Gasteiger partial charge in [0.05, 0.1) is 6.54 Å². The van der Waals surface area contributed by atoms with Crippen LogP contribution in [-0.2, 0) is 11.2 Å². The molecular formula is C22H28N2O. The van der Waals surface area contributed by atoms with Gasteiger partial charge in [-0.05, 0) is 63.3 Å². The number of hydrogen-bond acceptors (Lipinski definition) is 2. The maximum Gasteiger partial charge on any atom is 0.238 e. The quantitative estimate of drug-likeness (QED) is 0.885. The van der Waals surface area contributed by atoms with Crippen LogP contribution in [0.4, 0.5) is 5.69 Å². The van der Waals surface area contributed by atoms with Crippen LogP contribution in [0, 0.1) is 20.8 Å². The molecule has 0 radical (unpaired) electrons. The SMILES string of the molecule is Cc1cc(C)c(NC(=O)CN2CCC[C@@H]2Cc2ccccc2)c(C)c1. The first-order chi connectivity index (χ1) is 12.0. The van der Waals surface area contributed by atoms with Crippen LogP contribution < -0.4 is 5.32 Å². The fourth-order valence-electron chi connectivity index (χ4n) is 3.96. The normalized spacial score (nSPS) is 17.6. The van der Waals surface area contributed by atoms with E-state index in [9.17, 15) is 4.79 Å². The number of anilines is 1. The van der Waals surface area contributed by atoms with Crippen molar-refractivity contribution in [3.8, 4) is 0 Å². The van der Waals surface area contributed by atoms with Crippen molar-refractivity contribution in [3.63, 3.8) is 0 Å². The molecule has 1 fully saturated rings. The van der Waals surface area contributed by atoms with Crippen molar-refractivity contribution in [1.29, 1.82) is 0 Å². The zero-order valence-corrected chi connectivity index (χ0v) is 15.5. The van der Waals surface area contributed by atoms with Gasteiger partial charge in [-0.2, -0.15) is 0 Å². The highest BCUT2D eigenvalue weighted by atomic mass is 16.2. The third kappa shape index (κ3) is 4.49. The molecule has 0 saturated carbocycles. The van der Waals surface area contributed by atoms with E-state index >= 15 is 0 Å². The minimum absolute atomic E-state index is 0.0926. The molecule has 25 heavy (non-hydrogen) atoms. The van der Waals surface area contributed by atoms with Crippen molar-refractivity contribution in [3.05, 3.63) is 64.7 Å². The third-order valence-corrected chi connectivity index (χ3v) is 5.10. The van der Waals surface area contributed by atoms with Crippen molar-refractivity contribution in [2.24, 2.45) is 0 Å². The summed E-state index contributed by atoms with van der Waals surface area (Å²) < 4.78 is 0. The molecule has 3 heteroatoms. The fraction of sp³-hybridized carbons (Fsp3) is 0.409. The van der Waals surface area contributed by atoms with Crippen LogP contribution in [0.1, 0.15) is 35.1 Å². The lowest BCUT2D eigenvalue weighted by Crippen LogP contribution is -2.38. The summed E-state index contributed by atoms with van der Waals surface area (Å²) in [5, 5.41) is 3.14. The van der Waals surface area contributed by atoms with E-state index in [0.717, 1.165) is 29.8 Å². The van der Waals surface area contributed by atoms with Gasteiger partial charge in [0.25, 0.3) is 0 Å². The van der Waals surface area contributed by atoms with Crippen LogP contribution in [0.15, 0.2) is 42.5 Å².